The maximum Gasteiger partial charge on any atom is 0.255 e. The fourth-order valence-corrected chi connectivity index (χ4v) is 2.76. The molecule has 2 aromatic rings. The van der Waals surface area contributed by atoms with Gasteiger partial charge in [-0.2, -0.15) is 0 Å². The third-order valence-electron chi connectivity index (χ3n) is 4.05. The molecule has 0 aliphatic carbocycles. The van der Waals surface area contributed by atoms with Gasteiger partial charge in [0.2, 0.25) is 0 Å². The number of anilines is 1. The zero-order chi connectivity index (χ0) is 18.2. The van der Waals surface area contributed by atoms with E-state index in [1.807, 2.05) is 30.0 Å². The number of nitrogens with one attached hydrogen (secondary N) is 1. The second kappa shape index (κ2) is 9.02. The van der Waals surface area contributed by atoms with E-state index in [9.17, 15) is 9.59 Å². The van der Waals surface area contributed by atoms with E-state index in [-0.39, 0.29) is 11.8 Å². The van der Waals surface area contributed by atoms with Crippen LogP contribution in [0.25, 0.3) is 0 Å². The number of nitrogens with zero attached hydrogens (tertiary/aromatic N) is 1. The van der Waals surface area contributed by atoms with Crippen molar-refractivity contribution in [1.29, 1.82) is 0 Å². The fourth-order valence-electron chi connectivity index (χ4n) is 2.76. The van der Waals surface area contributed by atoms with E-state index in [0.717, 1.165) is 31.5 Å². The SMILES string of the molecule is CCCN(CCC)C(=O)c1ccc(NC(=O)c2ccccc2C)cc1. The summed E-state index contributed by atoms with van der Waals surface area (Å²) in [6.45, 7) is 7.57. The molecule has 0 aliphatic rings. The van der Waals surface area contributed by atoms with Gasteiger partial charge in [-0.05, 0) is 55.7 Å². The predicted molar refractivity (Wildman–Crippen MR) is 102 cm³/mol. The highest BCUT2D eigenvalue weighted by Crippen LogP contribution is 2.15. The van der Waals surface area contributed by atoms with Crippen molar-refractivity contribution in [2.45, 2.75) is 33.6 Å². The minimum Gasteiger partial charge on any atom is -0.339 e. The summed E-state index contributed by atoms with van der Waals surface area (Å²) >= 11 is 0. The lowest BCUT2D eigenvalue weighted by molar-refractivity contribution is 0.0755. The highest BCUT2D eigenvalue weighted by Gasteiger charge is 2.14. The Morgan fingerprint density at radius 3 is 2.08 bits per heavy atom. The molecule has 2 rings (SSSR count). The van der Waals surface area contributed by atoms with Gasteiger partial charge in [-0.3, -0.25) is 9.59 Å². The van der Waals surface area contributed by atoms with E-state index in [4.69, 9.17) is 0 Å². The van der Waals surface area contributed by atoms with Crippen LogP contribution in [0, 0.1) is 6.92 Å². The van der Waals surface area contributed by atoms with Crippen LogP contribution in [0.3, 0.4) is 0 Å². The topological polar surface area (TPSA) is 49.4 Å². The van der Waals surface area contributed by atoms with Gasteiger partial charge in [-0.25, -0.2) is 0 Å². The van der Waals surface area contributed by atoms with Gasteiger partial charge in [-0.15, -0.1) is 0 Å². The smallest absolute Gasteiger partial charge is 0.255 e. The molecule has 0 spiro atoms. The summed E-state index contributed by atoms with van der Waals surface area (Å²) in [5.74, 6) is -0.101. The van der Waals surface area contributed by atoms with Crippen LogP contribution in [0.5, 0.6) is 0 Å². The average molecular weight is 338 g/mol. The molecule has 0 radical (unpaired) electrons. The fraction of sp³-hybridized carbons (Fsp3) is 0.333. The number of carbonyl (C=O) groups excluding carboxylic acids is 2. The molecule has 132 valence electrons. The average Bonchev–Trinajstić information content (AvgIpc) is 2.62. The maximum absolute atomic E-state index is 12.6. The van der Waals surface area contributed by atoms with Crippen LogP contribution in [0.15, 0.2) is 48.5 Å². The van der Waals surface area contributed by atoms with Crippen molar-refractivity contribution in [3.8, 4) is 0 Å². The molecule has 2 aromatic carbocycles. The number of hydrogen-bond donors (Lipinski definition) is 1. The second-order valence-corrected chi connectivity index (χ2v) is 6.14. The van der Waals surface area contributed by atoms with Crippen molar-refractivity contribution in [3.05, 3.63) is 65.2 Å². The highest BCUT2D eigenvalue weighted by atomic mass is 16.2. The quantitative estimate of drug-likeness (QED) is 0.807. The maximum atomic E-state index is 12.6. The van der Waals surface area contributed by atoms with Gasteiger partial charge in [0.15, 0.2) is 0 Å². The van der Waals surface area contributed by atoms with Crippen LogP contribution in [0.2, 0.25) is 0 Å². The molecular weight excluding hydrogens is 312 g/mol. The normalized spacial score (nSPS) is 10.4. The lowest BCUT2D eigenvalue weighted by Gasteiger charge is -2.21. The Hall–Kier alpha value is -2.62. The summed E-state index contributed by atoms with van der Waals surface area (Å²) in [5, 5.41) is 2.88. The first-order valence-corrected chi connectivity index (χ1v) is 8.83. The molecule has 25 heavy (non-hydrogen) atoms. The molecule has 0 unspecified atom stereocenters. The molecule has 0 aliphatic heterocycles. The number of hydrogen-bond acceptors (Lipinski definition) is 2. The Labute approximate surface area is 149 Å². The van der Waals surface area contributed by atoms with Crippen LogP contribution in [0.1, 0.15) is 53.0 Å². The molecular formula is C21H26N2O2. The van der Waals surface area contributed by atoms with Gasteiger partial charge >= 0.3 is 0 Å². The molecule has 1 N–H and O–H groups in total. The number of rotatable bonds is 7. The van der Waals surface area contributed by atoms with Gasteiger partial charge in [0.05, 0.1) is 0 Å². The standard InChI is InChI=1S/C21H26N2O2/c1-4-14-23(15-5-2)21(25)17-10-12-18(13-11-17)22-20(24)19-9-7-6-8-16(19)3/h6-13H,4-5,14-15H2,1-3H3,(H,22,24). The third-order valence-corrected chi connectivity index (χ3v) is 4.05. The first kappa shape index (κ1) is 18.7. The Bertz CT molecular complexity index is 717. The molecule has 0 saturated heterocycles. The van der Waals surface area contributed by atoms with E-state index in [1.165, 1.54) is 0 Å². The summed E-state index contributed by atoms with van der Waals surface area (Å²) in [6, 6.07) is 14.6. The molecule has 0 saturated carbocycles. The van der Waals surface area contributed by atoms with Crippen LogP contribution in [-0.4, -0.2) is 29.8 Å². The zero-order valence-corrected chi connectivity index (χ0v) is 15.2. The lowest BCUT2D eigenvalue weighted by Crippen LogP contribution is -2.32. The van der Waals surface area contributed by atoms with Gasteiger partial charge in [0.1, 0.15) is 0 Å². The predicted octanol–water partition coefficient (Wildman–Crippen LogP) is 4.51. The van der Waals surface area contributed by atoms with Gasteiger partial charge in [-0.1, -0.05) is 32.0 Å². The van der Waals surface area contributed by atoms with Crippen molar-refractivity contribution < 1.29 is 9.59 Å². The van der Waals surface area contributed by atoms with Crippen molar-refractivity contribution >= 4 is 17.5 Å². The minimum atomic E-state index is -0.143. The van der Waals surface area contributed by atoms with E-state index in [1.54, 1.807) is 30.3 Å². The number of carbonyl (C=O) groups is 2. The van der Waals surface area contributed by atoms with Crippen LogP contribution in [-0.2, 0) is 0 Å². The summed E-state index contributed by atoms with van der Waals surface area (Å²) in [4.78, 5) is 26.8. The third kappa shape index (κ3) is 4.92. The Balaban J connectivity index is 2.08. The first-order valence-electron chi connectivity index (χ1n) is 8.83. The first-order chi connectivity index (χ1) is 12.1. The van der Waals surface area contributed by atoms with Crippen LogP contribution >= 0.6 is 0 Å². The van der Waals surface area contributed by atoms with Gasteiger partial charge in [0.25, 0.3) is 11.8 Å². The minimum absolute atomic E-state index is 0.0421. The lowest BCUT2D eigenvalue weighted by atomic mass is 10.1. The number of amides is 2. The molecule has 4 heteroatoms. The monoisotopic (exact) mass is 338 g/mol. The Morgan fingerprint density at radius 2 is 1.52 bits per heavy atom. The van der Waals surface area contributed by atoms with Crippen molar-refractivity contribution in [1.82, 2.24) is 4.90 Å². The van der Waals surface area contributed by atoms with Crippen molar-refractivity contribution in [2.75, 3.05) is 18.4 Å². The summed E-state index contributed by atoms with van der Waals surface area (Å²) in [5.41, 5.74) is 2.92. The van der Waals surface area contributed by atoms with Gasteiger partial charge in [0, 0.05) is 29.9 Å². The summed E-state index contributed by atoms with van der Waals surface area (Å²) < 4.78 is 0. The number of aryl methyl sites for hydroxylation is 1. The molecule has 0 bridgehead atoms. The molecule has 0 aromatic heterocycles. The summed E-state index contributed by atoms with van der Waals surface area (Å²) in [6.07, 6.45) is 1.88. The largest absolute Gasteiger partial charge is 0.339 e. The van der Waals surface area contributed by atoms with E-state index in [2.05, 4.69) is 19.2 Å². The van der Waals surface area contributed by atoms with E-state index < -0.39 is 0 Å². The van der Waals surface area contributed by atoms with Crippen molar-refractivity contribution in [3.63, 3.8) is 0 Å². The number of benzene rings is 2. The zero-order valence-electron chi connectivity index (χ0n) is 15.2. The van der Waals surface area contributed by atoms with Gasteiger partial charge < -0.3 is 10.2 Å². The molecule has 0 atom stereocenters. The molecule has 4 nitrogen and oxygen atoms in total. The van der Waals surface area contributed by atoms with Crippen molar-refractivity contribution in [2.24, 2.45) is 0 Å². The second-order valence-electron chi connectivity index (χ2n) is 6.14. The Morgan fingerprint density at radius 1 is 0.920 bits per heavy atom. The highest BCUT2D eigenvalue weighted by molar-refractivity contribution is 6.05. The molecule has 0 fully saturated rings. The van der Waals surface area contributed by atoms with Crippen LogP contribution in [0.4, 0.5) is 5.69 Å². The van der Waals surface area contributed by atoms with E-state index in [0.29, 0.717) is 16.8 Å². The molecule has 2 amide bonds. The Kier molecular flexibility index (Phi) is 6.75. The molecule has 0 heterocycles. The van der Waals surface area contributed by atoms with Crippen LogP contribution < -0.4 is 5.32 Å². The van der Waals surface area contributed by atoms with E-state index >= 15 is 0 Å². The summed E-state index contributed by atoms with van der Waals surface area (Å²) in [7, 11) is 0.